The molecular formula is C19H18O8. The zero-order valence-electron chi connectivity index (χ0n) is 14.5. The number of carboxylic acids is 1. The molecule has 27 heavy (non-hydrogen) atoms. The first-order chi connectivity index (χ1) is 12.9. The Morgan fingerprint density at radius 1 is 0.926 bits per heavy atom. The summed E-state index contributed by atoms with van der Waals surface area (Å²) in [5, 5.41) is 18.2. The predicted octanol–water partition coefficient (Wildman–Crippen LogP) is 1.65. The molecule has 2 rings (SSSR count). The van der Waals surface area contributed by atoms with Crippen LogP contribution in [0.2, 0.25) is 0 Å². The fourth-order valence-corrected chi connectivity index (χ4v) is 2.06. The van der Waals surface area contributed by atoms with Crippen LogP contribution in [0.4, 0.5) is 0 Å². The lowest BCUT2D eigenvalue weighted by atomic mass is 10.1. The molecule has 0 unspecified atom stereocenters. The maximum atomic E-state index is 12.0. The first-order valence-electron chi connectivity index (χ1n) is 7.89. The molecule has 0 aliphatic rings. The fraction of sp³-hybridized carbons (Fsp3) is 0.211. The molecule has 0 radical (unpaired) electrons. The lowest BCUT2D eigenvalue weighted by Crippen LogP contribution is -2.32. The molecule has 142 valence electrons. The van der Waals surface area contributed by atoms with Gasteiger partial charge in [-0.2, -0.15) is 0 Å². The lowest BCUT2D eigenvalue weighted by molar-refractivity contribution is -0.149. The predicted molar refractivity (Wildman–Crippen MR) is 92.5 cm³/mol. The summed E-state index contributed by atoms with van der Waals surface area (Å²) in [4.78, 5) is 35.3. The van der Waals surface area contributed by atoms with Crippen LogP contribution in [0.3, 0.4) is 0 Å². The molecule has 0 aliphatic heterocycles. The molecule has 0 aromatic heterocycles. The normalized spacial score (nSPS) is 11.3. The first kappa shape index (κ1) is 19.9. The van der Waals surface area contributed by atoms with Crippen LogP contribution in [-0.2, 0) is 20.9 Å². The Labute approximate surface area is 154 Å². The molecule has 0 bridgehead atoms. The topological polar surface area (TPSA) is 119 Å². The third kappa shape index (κ3) is 5.55. The van der Waals surface area contributed by atoms with Gasteiger partial charge in [0, 0.05) is 0 Å². The molecule has 2 aromatic carbocycles. The number of hydrogen-bond donors (Lipinski definition) is 2. The van der Waals surface area contributed by atoms with Crippen molar-refractivity contribution in [2.24, 2.45) is 0 Å². The summed E-state index contributed by atoms with van der Waals surface area (Å²) in [6.07, 6.45) is -1.66. The highest BCUT2D eigenvalue weighted by molar-refractivity contribution is 5.92. The van der Waals surface area contributed by atoms with Crippen LogP contribution in [0.25, 0.3) is 0 Å². The Morgan fingerprint density at radius 3 is 2.00 bits per heavy atom. The van der Waals surface area contributed by atoms with Crippen molar-refractivity contribution >= 4 is 17.9 Å². The Bertz CT molecular complexity index is 795. The van der Waals surface area contributed by atoms with Crippen molar-refractivity contribution in [3.8, 4) is 5.75 Å². The SMILES string of the molecule is COc1ccc(C(=O)OC[C@@H](OC(=O)c2ccc(CO)cc2)C(=O)O)cc1. The molecule has 0 amide bonds. The van der Waals surface area contributed by atoms with Crippen molar-refractivity contribution in [3.05, 3.63) is 65.2 Å². The van der Waals surface area contributed by atoms with Gasteiger partial charge >= 0.3 is 17.9 Å². The fourth-order valence-electron chi connectivity index (χ4n) is 2.06. The van der Waals surface area contributed by atoms with Crippen molar-refractivity contribution in [1.82, 2.24) is 0 Å². The van der Waals surface area contributed by atoms with Crippen LogP contribution in [0.15, 0.2) is 48.5 Å². The summed E-state index contributed by atoms with van der Waals surface area (Å²) < 4.78 is 14.8. The summed E-state index contributed by atoms with van der Waals surface area (Å²) in [7, 11) is 1.48. The van der Waals surface area contributed by atoms with Gasteiger partial charge < -0.3 is 24.4 Å². The van der Waals surface area contributed by atoms with Gasteiger partial charge in [-0.15, -0.1) is 0 Å². The van der Waals surface area contributed by atoms with Crippen LogP contribution in [0.5, 0.6) is 5.75 Å². The Balaban J connectivity index is 1.96. The van der Waals surface area contributed by atoms with Gasteiger partial charge in [-0.3, -0.25) is 0 Å². The van der Waals surface area contributed by atoms with Crippen molar-refractivity contribution in [1.29, 1.82) is 0 Å². The number of methoxy groups -OCH3 is 1. The number of carbonyl (C=O) groups is 3. The second kappa shape index (κ2) is 9.35. The summed E-state index contributed by atoms with van der Waals surface area (Å²) in [6.45, 7) is -0.824. The minimum Gasteiger partial charge on any atom is -0.497 e. The third-order valence-electron chi connectivity index (χ3n) is 3.59. The highest BCUT2D eigenvalue weighted by Gasteiger charge is 2.25. The van der Waals surface area contributed by atoms with E-state index >= 15 is 0 Å². The summed E-state index contributed by atoms with van der Waals surface area (Å²) >= 11 is 0. The molecule has 1 atom stereocenters. The number of esters is 2. The van der Waals surface area contributed by atoms with Gasteiger partial charge in [0.2, 0.25) is 6.10 Å². The van der Waals surface area contributed by atoms with Gasteiger partial charge in [0.1, 0.15) is 12.4 Å². The number of aliphatic carboxylic acids is 1. The lowest BCUT2D eigenvalue weighted by Gasteiger charge is -2.14. The van der Waals surface area contributed by atoms with Crippen molar-refractivity contribution in [2.45, 2.75) is 12.7 Å². The minimum absolute atomic E-state index is 0.111. The van der Waals surface area contributed by atoms with Crippen molar-refractivity contribution in [2.75, 3.05) is 13.7 Å². The standard InChI is InChI=1S/C19H18O8/c1-25-15-8-6-13(7-9-15)18(23)26-11-16(17(21)22)27-19(24)14-4-2-12(10-20)3-5-14/h2-9,16,20H,10-11H2,1H3,(H,21,22)/t16-/m1/s1. The number of aliphatic hydroxyl groups excluding tert-OH is 1. The Kier molecular flexibility index (Phi) is 6.90. The van der Waals surface area contributed by atoms with Gasteiger partial charge in [0.15, 0.2) is 0 Å². The van der Waals surface area contributed by atoms with E-state index in [1.54, 1.807) is 12.1 Å². The first-order valence-corrected chi connectivity index (χ1v) is 7.89. The molecule has 0 saturated carbocycles. The number of aliphatic hydroxyl groups is 1. The van der Waals surface area contributed by atoms with E-state index in [1.165, 1.54) is 43.5 Å². The summed E-state index contributed by atoms with van der Waals surface area (Å²) in [5.74, 6) is -2.53. The number of ether oxygens (including phenoxy) is 3. The molecule has 8 nitrogen and oxygen atoms in total. The zero-order chi connectivity index (χ0) is 19.8. The monoisotopic (exact) mass is 374 g/mol. The molecule has 0 fully saturated rings. The van der Waals surface area contributed by atoms with Gasteiger partial charge in [-0.25, -0.2) is 14.4 Å². The number of hydrogen-bond acceptors (Lipinski definition) is 7. The van der Waals surface area contributed by atoms with E-state index < -0.39 is 30.6 Å². The van der Waals surface area contributed by atoms with Gasteiger partial charge in [-0.05, 0) is 42.0 Å². The highest BCUT2D eigenvalue weighted by Crippen LogP contribution is 2.13. The summed E-state index contributed by atoms with van der Waals surface area (Å²) in [5.41, 5.74) is 0.903. The maximum Gasteiger partial charge on any atom is 0.348 e. The van der Waals surface area contributed by atoms with E-state index in [-0.39, 0.29) is 17.7 Å². The van der Waals surface area contributed by atoms with Gasteiger partial charge in [0.25, 0.3) is 0 Å². The molecule has 2 N–H and O–H groups in total. The second-order valence-corrected chi connectivity index (χ2v) is 5.41. The van der Waals surface area contributed by atoms with Gasteiger partial charge in [-0.1, -0.05) is 12.1 Å². The molecular weight excluding hydrogens is 356 g/mol. The number of carbonyl (C=O) groups excluding carboxylic acids is 2. The number of rotatable bonds is 8. The molecule has 2 aromatic rings. The molecule has 0 saturated heterocycles. The third-order valence-corrected chi connectivity index (χ3v) is 3.59. The zero-order valence-corrected chi connectivity index (χ0v) is 14.5. The second-order valence-electron chi connectivity index (χ2n) is 5.41. The maximum absolute atomic E-state index is 12.0. The van der Waals surface area contributed by atoms with E-state index in [0.717, 1.165) is 0 Å². The average molecular weight is 374 g/mol. The number of benzene rings is 2. The largest absolute Gasteiger partial charge is 0.497 e. The molecule has 0 spiro atoms. The molecule has 8 heteroatoms. The van der Waals surface area contributed by atoms with E-state index in [2.05, 4.69) is 0 Å². The Hall–Kier alpha value is -3.39. The van der Waals surface area contributed by atoms with Crippen LogP contribution >= 0.6 is 0 Å². The smallest absolute Gasteiger partial charge is 0.348 e. The quantitative estimate of drug-likeness (QED) is 0.670. The van der Waals surface area contributed by atoms with Crippen molar-refractivity contribution < 1.29 is 38.8 Å². The van der Waals surface area contributed by atoms with Crippen molar-refractivity contribution in [3.63, 3.8) is 0 Å². The molecule has 0 heterocycles. The van der Waals surface area contributed by atoms with E-state index in [1.807, 2.05) is 0 Å². The molecule has 0 aliphatic carbocycles. The minimum atomic E-state index is -1.66. The van der Waals surface area contributed by atoms with Crippen LogP contribution < -0.4 is 4.74 Å². The van der Waals surface area contributed by atoms with Crippen LogP contribution in [-0.4, -0.2) is 47.9 Å². The summed E-state index contributed by atoms with van der Waals surface area (Å²) in [6, 6.07) is 11.9. The Morgan fingerprint density at radius 2 is 1.48 bits per heavy atom. The highest BCUT2D eigenvalue weighted by atomic mass is 16.6. The van der Waals surface area contributed by atoms with E-state index in [9.17, 15) is 19.5 Å². The van der Waals surface area contributed by atoms with E-state index in [0.29, 0.717) is 11.3 Å². The van der Waals surface area contributed by atoms with Gasteiger partial charge in [0.05, 0.1) is 24.8 Å². The van der Waals surface area contributed by atoms with Crippen LogP contribution in [0, 0.1) is 0 Å². The average Bonchev–Trinajstić information content (AvgIpc) is 2.70. The van der Waals surface area contributed by atoms with E-state index in [4.69, 9.17) is 19.3 Å². The number of carboxylic acid groups (broad SMARTS) is 1. The van der Waals surface area contributed by atoms with Crippen LogP contribution in [0.1, 0.15) is 26.3 Å².